The molecule has 0 heterocycles. The molecule has 1 fully saturated rings. The van der Waals surface area contributed by atoms with Gasteiger partial charge in [0.05, 0.1) is 6.07 Å². The van der Waals surface area contributed by atoms with Crippen molar-refractivity contribution < 1.29 is 0 Å². The summed E-state index contributed by atoms with van der Waals surface area (Å²) < 4.78 is 0. The van der Waals surface area contributed by atoms with Gasteiger partial charge in [0, 0.05) is 17.7 Å². The van der Waals surface area contributed by atoms with E-state index in [9.17, 15) is 0 Å². The van der Waals surface area contributed by atoms with Crippen molar-refractivity contribution in [2.75, 3.05) is 19.8 Å². The van der Waals surface area contributed by atoms with Crippen LogP contribution in [0.3, 0.4) is 0 Å². The zero-order valence-corrected chi connectivity index (χ0v) is 10.7. The standard InChI is InChI=1S/C12H22N2S/c1-14(10-5-3-4-9-13)11-7-6-8-12(11)15-2/h11-12H,3-8,10H2,1-2H3/t11-,12+/m1/s1. The van der Waals surface area contributed by atoms with Crippen molar-refractivity contribution in [1.29, 1.82) is 5.26 Å². The highest BCUT2D eigenvalue weighted by molar-refractivity contribution is 7.99. The highest BCUT2D eigenvalue weighted by Crippen LogP contribution is 2.31. The van der Waals surface area contributed by atoms with Gasteiger partial charge >= 0.3 is 0 Å². The minimum atomic E-state index is 0.713. The lowest BCUT2D eigenvalue weighted by Gasteiger charge is -2.28. The van der Waals surface area contributed by atoms with Gasteiger partial charge in [0.1, 0.15) is 0 Å². The first-order chi connectivity index (χ1) is 7.29. The quantitative estimate of drug-likeness (QED) is 0.652. The predicted octanol–water partition coefficient (Wildman–Crippen LogP) is 2.90. The number of hydrogen-bond donors (Lipinski definition) is 0. The Labute approximate surface area is 98.0 Å². The van der Waals surface area contributed by atoms with Gasteiger partial charge < -0.3 is 4.90 Å². The van der Waals surface area contributed by atoms with Gasteiger partial charge in [0.15, 0.2) is 0 Å². The molecule has 0 unspecified atom stereocenters. The van der Waals surface area contributed by atoms with Gasteiger partial charge in [-0.05, 0) is 45.5 Å². The van der Waals surface area contributed by atoms with Gasteiger partial charge in [-0.25, -0.2) is 0 Å². The molecule has 1 saturated carbocycles. The van der Waals surface area contributed by atoms with E-state index in [0.29, 0.717) is 6.42 Å². The van der Waals surface area contributed by atoms with Gasteiger partial charge in [-0.15, -0.1) is 0 Å². The smallest absolute Gasteiger partial charge is 0.0621 e. The summed E-state index contributed by atoms with van der Waals surface area (Å²) in [7, 11) is 2.24. The summed E-state index contributed by atoms with van der Waals surface area (Å²) in [5.41, 5.74) is 0. The van der Waals surface area contributed by atoms with Crippen LogP contribution >= 0.6 is 11.8 Å². The molecular weight excluding hydrogens is 204 g/mol. The van der Waals surface area contributed by atoms with Crippen LogP contribution in [0.25, 0.3) is 0 Å². The first-order valence-corrected chi connectivity index (χ1v) is 7.18. The molecule has 0 aliphatic heterocycles. The van der Waals surface area contributed by atoms with E-state index in [4.69, 9.17) is 5.26 Å². The zero-order chi connectivity index (χ0) is 11.1. The second-order valence-electron chi connectivity index (χ2n) is 4.37. The van der Waals surface area contributed by atoms with Crippen LogP contribution in [0.4, 0.5) is 0 Å². The summed E-state index contributed by atoms with van der Waals surface area (Å²) in [6.45, 7) is 1.16. The molecule has 0 amide bonds. The maximum atomic E-state index is 8.46. The Hall–Kier alpha value is -0.200. The summed E-state index contributed by atoms with van der Waals surface area (Å²) in [6.07, 6.45) is 9.30. The Balaban J connectivity index is 2.21. The van der Waals surface area contributed by atoms with Gasteiger partial charge in [-0.1, -0.05) is 6.42 Å². The summed E-state index contributed by atoms with van der Waals surface area (Å²) >= 11 is 2.02. The fourth-order valence-corrected chi connectivity index (χ4v) is 3.48. The normalized spacial score (nSPS) is 25.7. The number of nitrogens with zero attached hydrogens (tertiary/aromatic N) is 2. The monoisotopic (exact) mass is 226 g/mol. The molecule has 0 aromatic rings. The zero-order valence-electron chi connectivity index (χ0n) is 9.91. The molecule has 1 aliphatic carbocycles. The molecule has 3 heteroatoms. The van der Waals surface area contributed by atoms with E-state index >= 15 is 0 Å². The molecule has 2 atom stereocenters. The molecule has 2 nitrogen and oxygen atoms in total. The number of unbranched alkanes of at least 4 members (excludes halogenated alkanes) is 2. The maximum absolute atomic E-state index is 8.46. The average molecular weight is 226 g/mol. The van der Waals surface area contributed by atoms with Crippen molar-refractivity contribution in [2.45, 2.75) is 49.8 Å². The van der Waals surface area contributed by atoms with Gasteiger partial charge in [-0.3, -0.25) is 0 Å². The Morgan fingerprint density at radius 1 is 1.40 bits per heavy atom. The third-order valence-electron chi connectivity index (χ3n) is 3.34. The van der Waals surface area contributed by atoms with Crippen molar-refractivity contribution in [3.63, 3.8) is 0 Å². The molecule has 1 rings (SSSR count). The van der Waals surface area contributed by atoms with E-state index in [-0.39, 0.29) is 0 Å². The van der Waals surface area contributed by atoms with Crippen molar-refractivity contribution in [3.05, 3.63) is 0 Å². The molecular formula is C12H22N2S. The molecule has 0 bridgehead atoms. The molecule has 1 aliphatic rings. The number of thioether (sulfide) groups is 1. The minimum Gasteiger partial charge on any atom is -0.302 e. The van der Waals surface area contributed by atoms with Crippen LogP contribution in [-0.4, -0.2) is 36.0 Å². The van der Waals surface area contributed by atoms with Crippen molar-refractivity contribution in [3.8, 4) is 6.07 Å². The maximum Gasteiger partial charge on any atom is 0.0621 e. The van der Waals surface area contributed by atoms with Crippen LogP contribution in [0.5, 0.6) is 0 Å². The Morgan fingerprint density at radius 3 is 2.87 bits per heavy atom. The number of nitriles is 1. The van der Waals surface area contributed by atoms with Crippen molar-refractivity contribution in [2.24, 2.45) is 0 Å². The SMILES string of the molecule is CS[C@H]1CCC[C@H]1N(C)CCCCC#N. The molecule has 0 saturated heterocycles. The second-order valence-corrected chi connectivity index (χ2v) is 5.45. The van der Waals surface area contributed by atoms with E-state index in [0.717, 1.165) is 24.3 Å². The lowest BCUT2D eigenvalue weighted by molar-refractivity contribution is 0.245. The Morgan fingerprint density at radius 2 is 2.20 bits per heavy atom. The highest BCUT2D eigenvalue weighted by atomic mass is 32.2. The minimum absolute atomic E-state index is 0.713. The molecule has 0 aromatic heterocycles. The highest BCUT2D eigenvalue weighted by Gasteiger charge is 2.29. The first-order valence-electron chi connectivity index (χ1n) is 5.89. The largest absolute Gasteiger partial charge is 0.302 e. The molecule has 15 heavy (non-hydrogen) atoms. The van der Waals surface area contributed by atoms with E-state index < -0.39 is 0 Å². The Bertz CT molecular complexity index is 212. The van der Waals surface area contributed by atoms with Crippen LogP contribution in [0.2, 0.25) is 0 Å². The number of rotatable bonds is 6. The van der Waals surface area contributed by atoms with Crippen LogP contribution in [-0.2, 0) is 0 Å². The van der Waals surface area contributed by atoms with Crippen LogP contribution < -0.4 is 0 Å². The summed E-state index contributed by atoms with van der Waals surface area (Å²) in [4.78, 5) is 2.51. The second kappa shape index (κ2) is 7.14. The molecule has 0 spiro atoms. The molecule has 0 N–H and O–H groups in total. The van der Waals surface area contributed by atoms with E-state index in [1.807, 2.05) is 11.8 Å². The topological polar surface area (TPSA) is 27.0 Å². The summed E-state index contributed by atoms with van der Waals surface area (Å²) in [6, 6.07) is 2.99. The third-order valence-corrected chi connectivity index (χ3v) is 4.49. The molecule has 0 aromatic carbocycles. The lowest BCUT2D eigenvalue weighted by atomic mass is 10.2. The molecule has 86 valence electrons. The van der Waals surface area contributed by atoms with Gasteiger partial charge in [0.25, 0.3) is 0 Å². The predicted molar refractivity (Wildman–Crippen MR) is 67.0 cm³/mol. The van der Waals surface area contributed by atoms with Gasteiger partial charge in [-0.2, -0.15) is 17.0 Å². The number of hydrogen-bond acceptors (Lipinski definition) is 3. The van der Waals surface area contributed by atoms with Crippen LogP contribution in [0.15, 0.2) is 0 Å². The van der Waals surface area contributed by atoms with Crippen LogP contribution in [0.1, 0.15) is 38.5 Å². The van der Waals surface area contributed by atoms with Crippen LogP contribution in [0, 0.1) is 11.3 Å². The van der Waals surface area contributed by atoms with E-state index in [1.54, 1.807) is 0 Å². The van der Waals surface area contributed by atoms with E-state index in [2.05, 4.69) is 24.3 Å². The summed E-state index contributed by atoms with van der Waals surface area (Å²) in [5.74, 6) is 0. The first kappa shape index (κ1) is 12.9. The van der Waals surface area contributed by atoms with E-state index in [1.165, 1.54) is 25.7 Å². The fourth-order valence-electron chi connectivity index (χ4n) is 2.42. The molecule has 0 radical (unpaired) electrons. The summed E-state index contributed by atoms with van der Waals surface area (Å²) in [5, 5.41) is 9.30. The van der Waals surface area contributed by atoms with Crippen molar-refractivity contribution in [1.82, 2.24) is 4.90 Å². The Kier molecular flexibility index (Phi) is 6.12. The van der Waals surface area contributed by atoms with Crippen molar-refractivity contribution >= 4 is 11.8 Å². The van der Waals surface area contributed by atoms with Gasteiger partial charge in [0.2, 0.25) is 0 Å². The third kappa shape index (κ3) is 4.04. The average Bonchev–Trinajstić information content (AvgIpc) is 2.72. The lowest BCUT2D eigenvalue weighted by Crippen LogP contribution is -2.36. The fraction of sp³-hybridized carbons (Fsp3) is 0.917.